The predicted molar refractivity (Wildman–Crippen MR) is 125 cm³/mol. The standard InChI is InChI=1S/C26H25ClN2O/c1-2-6-23(30)28-22-14-13-21(27)26-24(22)19-9-5-10-20(19)25(29-26)18-12-11-16-7-3-4-8-17(16)15-18/h3-5,7-9,11-15,19-20,25,29H,2,6,10H2,1H3,(H,28,30). The van der Waals surface area contributed by atoms with Crippen LogP contribution in [0.1, 0.15) is 49.3 Å². The van der Waals surface area contributed by atoms with E-state index in [2.05, 4.69) is 65.3 Å². The number of anilines is 2. The van der Waals surface area contributed by atoms with Gasteiger partial charge in [0.1, 0.15) is 0 Å². The molecule has 0 radical (unpaired) electrons. The Labute approximate surface area is 182 Å². The van der Waals surface area contributed by atoms with E-state index in [4.69, 9.17) is 11.6 Å². The molecule has 30 heavy (non-hydrogen) atoms. The van der Waals surface area contributed by atoms with Gasteiger partial charge in [-0.1, -0.05) is 67.1 Å². The second kappa shape index (κ2) is 7.81. The lowest BCUT2D eigenvalue weighted by molar-refractivity contribution is -0.116. The Kier molecular flexibility index (Phi) is 5.00. The van der Waals surface area contributed by atoms with Crippen LogP contribution in [0.4, 0.5) is 11.4 Å². The van der Waals surface area contributed by atoms with E-state index in [0.29, 0.717) is 17.4 Å². The maximum absolute atomic E-state index is 12.3. The van der Waals surface area contributed by atoms with Crippen LogP contribution in [0.25, 0.3) is 10.8 Å². The van der Waals surface area contributed by atoms with E-state index in [1.165, 1.54) is 16.3 Å². The van der Waals surface area contributed by atoms with E-state index in [9.17, 15) is 4.79 Å². The molecule has 2 N–H and O–H groups in total. The normalized spacial score (nSPS) is 21.7. The van der Waals surface area contributed by atoms with Crippen molar-refractivity contribution in [3.63, 3.8) is 0 Å². The summed E-state index contributed by atoms with van der Waals surface area (Å²) in [5.74, 6) is 0.671. The maximum atomic E-state index is 12.3. The first kappa shape index (κ1) is 19.2. The molecule has 0 saturated heterocycles. The van der Waals surface area contributed by atoms with Crippen LogP contribution < -0.4 is 10.6 Å². The molecule has 0 bridgehead atoms. The lowest BCUT2D eigenvalue weighted by Crippen LogP contribution is -2.30. The Hall–Kier alpha value is -2.78. The highest BCUT2D eigenvalue weighted by atomic mass is 35.5. The maximum Gasteiger partial charge on any atom is 0.224 e. The summed E-state index contributed by atoms with van der Waals surface area (Å²) >= 11 is 6.65. The number of benzene rings is 3. The van der Waals surface area contributed by atoms with Gasteiger partial charge in [-0.15, -0.1) is 0 Å². The molecule has 1 heterocycles. The number of halogens is 1. The third-order valence-corrected chi connectivity index (χ3v) is 6.67. The largest absolute Gasteiger partial charge is 0.376 e. The van der Waals surface area contributed by atoms with Gasteiger partial charge in [0.05, 0.1) is 16.8 Å². The minimum atomic E-state index is 0.0530. The van der Waals surface area contributed by atoms with Crippen molar-refractivity contribution in [2.45, 2.75) is 38.1 Å². The summed E-state index contributed by atoms with van der Waals surface area (Å²) in [6.45, 7) is 2.02. The first-order valence-corrected chi connectivity index (χ1v) is 11.1. The molecule has 0 spiro atoms. The first-order valence-electron chi connectivity index (χ1n) is 10.7. The third kappa shape index (κ3) is 3.27. The van der Waals surface area contributed by atoms with Crippen LogP contribution in [0, 0.1) is 5.92 Å². The van der Waals surface area contributed by atoms with Crippen molar-refractivity contribution < 1.29 is 4.79 Å². The van der Waals surface area contributed by atoms with Crippen molar-refractivity contribution in [1.29, 1.82) is 0 Å². The fourth-order valence-electron chi connectivity index (χ4n) is 4.95. The lowest BCUT2D eigenvalue weighted by atomic mass is 9.76. The number of rotatable bonds is 4. The summed E-state index contributed by atoms with van der Waals surface area (Å²) in [7, 11) is 0. The van der Waals surface area contributed by atoms with Crippen molar-refractivity contribution in [2.24, 2.45) is 5.92 Å². The zero-order chi connectivity index (χ0) is 20.7. The van der Waals surface area contributed by atoms with E-state index in [-0.39, 0.29) is 17.9 Å². The summed E-state index contributed by atoms with van der Waals surface area (Å²) in [5, 5.41) is 10.1. The van der Waals surface area contributed by atoms with Crippen molar-refractivity contribution >= 4 is 39.7 Å². The number of fused-ring (bicyclic) bond motifs is 4. The average Bonchev–Trinajstić information content (AvgIpc) is 3.25. The van der Waals surface area contributed by atoms with Gasteiger partial charge < -0.3 is 10.6 Å². The molecule has 0 fully saturated rings. The van der Waals surface area contributed by atoms with Crippen molar-refractivity contribution in [2.75, 3.05) is 10.6 Å². The predicted octanol–water partition coefficient (Wildman–Crippen LogP) is 7.06. The van der Waals surface area contributed by atoms with Crippen LogP contribution in [-0.2, 0) is 4.79 Å². The van der Waals surface area contributed by atoms with Gasteiger partial charge in [-0.05, 0) is 53.3 Å². The molecule has 3 aromatic rings. The minimum Gasteiger partial charge on any atom is -0.376 e. The number of allylic oxidation sites excluding steroid dienone is 2. The Morgan fingerprint density at radius 3 is 2.80 bits per heavy atom. The quantitative estimate of drug-likeness (QED) is 0.447. The van der Waals surface area contributed by atoms with Gasteiger partial charge in [-0.25, -0.2) is 0 Å². The number of carbonyl (C=O) groups is 1. The van der Waals surface area contributed by atoms with Crippen molar-refractivity contribution in [1.82, 2.24) is 0 Å². The molecule has 3 atom stereocenters. The molecule has 152 valence electrons. The molecule has 4 heteroatoms. The first-order chi connectivity index (χ1) is 14.7. The SMILES string of the molecule is CCCC(=O)Nc1ccc(Cl)c2c1C1C=CCC1C(c1ccc3ccccc3c1)N2. The van der Waals surface area contributed by atoms with Gasteiger partial charge in [-0.3, -0.25) is 4.79 Å². The molecule has 3 nitrogen and oxygen atoms in total. The molecular weight excluding hydrogens is 392 g/mol. The lowest BCUT2D eigenvalue weighted by Gasteiger charge is -2.39. The minimum absolute atomic E-state index is 0.0530. The molecule has 1 amide bonds. The van der Waals surface area contributed by atoms with Crippen LogP contribution in [0.2, 0.25) is 5.02 Å². The highest BCUT2D eigenvalue weighted by Gasteiger charge is 2.40. The van der Waals surface area contributed by atoms with E-state index in [1.54, 1.807) is 0 Å². The number of hydrogen-bond donors (Lipinski definition) is 2. The van der Waals surface area contributed by atoms with Crippen LogP contribution in [0.5, 0.6) is 0 Å². The van der Waals surface area contributed by atoms with Crippen molar-refractivity contribution in [3.05, 3.63) is 82.9 Å². The topological polar surface area (TPSA) is 41.1 Å². The number of carbonyl (C=O) groups excluding carboxylic acids is 1. The second-order valence-electron chi connectivity index (χ2n) is 8.26. The fraction of sp³-hybridized carbons (Fsp3) is 0.269. The van der Waals surface area contributed by atoms with Crippen LogP contribution in [-0.4, -0.2) is 5.91 Å². The third-order valence-electron chi connectivity index (χ3n) is 6.35. The number of hydrogen-bond acceptors (Lipinski definition) is 2. The second-order valence-corrected chi connectivity index (χ2v) is 8.67. The summed E-state index contributed by atoms with van der Waals surface area (Å²) in [6, 6.07) is 19.2. The monoisotopic (exact) mass is 416 g/mol. The summed E-state index contributed by atoms with van der Waals surface area (Å²) in [4.78, 5) is 12.3. The molecule has 3 unspecified atom stereocenters. The van der Waals surface area contributed by atoms with E-state index in [0.717, 1.165) is 29.8 Å². The molecule has 3 aromatic carbocycles. The zero-order valence-corrected chi connectivity index (χ0v) is 17.7. The van der Waals surface area contributed by atoms with E-state index in [1.807, 2.05) is 19.1 Å². The summed E-state index contributed by atoms with van der Waals surface area (Å²) in [6.07, 6.45) is 6.90. The van der Waals surface area contributed by atoms with Crippen LogP contribution >= 0.6 is 11.6 Å². The fourth-order valence-corrected chi connectivity index (χ4v) is 5.17. The van der Waals surface area contributed by atoms with E-state index < -0.39 is 0 Å². The van der Waals surface area contributed by atoms with Gasteiger partial charge in [0.2, 0.25) is 5.91 Å². The van der Waals surface area contributed by atoms with Gasteiger partial charge >= 0.3 is 0 Å². The Morgan fingerprint density at radius 2 is 1.97 bits per heavy atom. The molecule has 5 rings (SSSR count). The van der Waals surface area contributed by atoms with Gasteiger partial charge in [0, 0.05) is 23.6 Å². The van der Waals surface area contributed by atoms with Crippen LogP contribution in [0.15, 0.2) is 66.7 Å². The van der Waals surface area contributed by atoms with E-state index >= 15 is 0 Å². The highest BCUT2D eigenvalue weighted by molar-refractivity contribution is 6.33. The Balaban J connectivity index is 1.57. The highest BCUT2D eigenvalue weighted by Crippen LogP contribution is 2.54. The summed E-state index contributed by atoms with van der Waals surface area (Å²) in [5.41, 5.74) is 4.20. The van der Waals surface area contributed by atoms with Gasteiger partial charge in [0.15, 0.2) is 0 Å². The van der Waals surface area contributed by atoms with Crippen molar-refractivity contribution in [3.8, 4) is 0 Å². The molecule has 1 aliphatic heterocycles. The average molecular weight is 417 g/mol. The molecule has 0 saturated carbocycles. The smallest absolute Gasteiger partial charge is 0.224 e. The molecule has 0 aromatic heterocycles. The number of amides is 1. The Morgan fingerprint density at radius 1 is 1.13 bits per heavy atom. The molecular formula is C26H25ClN2O. The van der Waals surface area contributed by atoms with Gasteiger partial charge in [0.25, 0.3) is 0 Å². The molecule has 1 aliphatic carbocycles. The summed E-state index contributed by atoms with van der Waals surface area (Å²) < 4.78 is 0. The van der Waals surface area contributed by atoms with Gasteiger partial charge in [-0.2, -0.15) is 0 Å². The Bertz CT molecular complexity index is 1150. The molecule has 2 aliphatic rings. The zero-order valence-electron chi connectivity index (χ0n) is 17.0. The number of nitrogens with one attached hydrogen (secondary N) is 2. The van der Waals surface area contributed by atoms with Crippen LogP contribution in [0.3, 0.4) is 0 Å².